The number of amides is 3. The first-order chi connectivity index (χ1) is 13.8. The molecule has 7 heteroatoms. The van der Waals surface area contributed by atoms with Crippen LogP contribution >= 0.6 is 0 Å². The number of carbonyl (C=O) groups excluding carboxylic acids is 3. The number of nitrogens with zero attached hydrogens (tertiary/aromatic N) is 2. The van der Waals surface area contributed by atoms with Crippen molar-refractivity contribution in [3.05, 3.63) is 65.1 Å². The van der Waals surface area contributed by atoms with Gasteiger partial charge in [-0.3, -0.25) is 19.3 Å². The van der Waals surface area contributed by atoms with Gasteiger partial charge in [0.05, 0.1) is 12.1 Å². The number of benzene rings is 2. The standard InChI is InChI=1S/C22H18FN3O3/c1-12-2-4-14(17(23)8-12)16-10-19(22(24)29)25-18-9-13(3-5-15(16)18)11-26-20(27)6-7-21(26)28/h2-5,8-10H,6-7,11H2,1H3,(H2,24,29). The van der Waals surface area contributed by atoms with E-state index >= 15 is 0 Å². The van der Waals surface area contributed by atoms with Crippen molar-refractivity contribution in [2.45, 2.75) is 26.3 Å². The number of aryl methyl sites for hydroxylation is 1. The van der Waals surface area contributed by atoms with Gasteiger partial charge >= 0.3 is 0 Å². The molecule has 6 nitrogen and oxygen atoms in total. The van der Waals surface area contributed by atoms with Crippen molar-refractivity contribution in [2.24, 2.45) is 5.73 Å². The molecule has 3 amide bonds. The summed E-state index contributed by atoms with van der Waals surface area (Å²) in [5, 5.41) is 0.639. The molecule has 2 aromatic carbocycles. The maximum absolute atomic E-state index is 14.6. The topological polar surface area (TPSA) is 93.4 Å². The highest BCUT2D eigenvalue weighted by molar-refractivity contribution is 6.02. The van der Waals surface area contributed by atoms with E-state index in [4.69, 9.17) is 5.73 Å². The molecule has 0 aliphatic carbocycles. The van der Waals surface area contributed by atoms with E-state index in [0.29, 0.717) is 27.6 Å². The number of halogens is 1. The Morgan fingerprint density at radius 1 is 1.07 bits per heavy atom. The summed E-state index contributed by atoms with van der Waals surface area (Å²) in [4.78, 5) is 41.1. The Labute approximate surface area is 166 Å². The zero-order valence-corrected chi connectivity index (χ0v) is 15.7. The zero-order chi connectivity index (χ0) is 20.7. The molecule has 1 aromatic heterocycles. The summed E-state index contributed by atoms with van der Waals surface area (Å²) in [7, 11) is 0. The second-order valence-electron chi connectivity index (χ2n) is 7.13. The van der Waals surface area contributed by atoms with Gasteiger partial charge in [-0.05, 0) is 41.8 Å². The number of likely N-dealkylation sites (tertiary alicyclic amines) is 1. The monoisotopic (exact) mass is 391 g/mol. The number of aromatic nitrogens is 1. The number of primary amides is 1. The Morgan fingerprint density at radius 2 is 1.79 bits per heavy atom. The molecule has 2 heterocycles. The van der Waals surface area contributed by atoms with Crippen molar-refractivity contribution >= 4 is 28.6 Å². The number of hydrogen-bond donors (Lipinski definition) is 1. The van der Waals surface area contributed by atoms with Crippen molar-refractivity contribution in [2.75, 3.05) is 0 Å². The van der Waals surface area contributed by atoms with Gasteiger partial charge in [0.25, 0.3) is 5.91 Å². The van der Waals surface area contributed by atoms with Crippen LogP contribution in [0, 0.1) is 12.7 Å². The van der Waals surface area contributed by atoms with Crippen LogP contribution in [0.4, 0.5) is 4.39 Å². The summed E-state index contributed by atoms with van der Waals surface area (Å²) in [6.07, 6.45) is 0.431. The maximum Gasteiger partial charge on any atom is 0.267 e. The fourth-order valence-electron chi connectivity index (χ4n) is 3.54. The first-order valence-electron chi connectivity index (χ1n) is 9.16. The SMILES string of the molecule is Cc1ccc(-c2cc(C(N)=O)nc3cc(CN4C(=O)CCC4=O)ccc23)c(F)c1. The molecule has 0 saturated carbocycles. The van der Waals surface area contributed by atoms with Gasteiger partial charge in [-0.25, -0.2) is 9.37 Å². The molecular weight excluding hydrogens is 373 g/mol. The number of pyridine rings is 1. The minimum Gasteiger partial charge on any atom is -0.364 e. The Balaban J connectivity index is 1.85. The fourth-order valence-corrected chi connectivity index (χ4v) is 3.54. The molecule has 0 atom stereocenters. The van der Waals surface area contributed by atoms with Gasteiger partial charge in [0, 0.05) is 23.8 Å². The lowest BCUT2D eigenvalue weighted by atomic mass is 9.97. The second kappa shape index (κ2) is 7.09. The summed E-state index contributed by atoms with van der Waals surface area (Å²) < 4.78 is 14.6. The molecule has 1 aliphatic heterocycles. The van der Waals surface area contributed by atoms with Crippen LogP contribution in [0.5, 0.6) is 0 Å². The summed E-state index contributed by atoms with van der Waals surface area (Å²) in [5.74, 6) is -1.56. The van der Waals surface area contributed by atoms with Crippen LogP contribution in [0.1, 0.15) is 34.5 Å². The maximum atomic E-state index is 14.6. The molecule has 0 unspecified atom stereocenters. The molecule has 146 valence electrons. The summed E-state index contributed by atoms with van der Waals surface area (Å²) in [6, 6.07) is 11.5. The van der Waals surface area contributed by atoms with Crippen LogP contribution in [0.3, 0.4) is 0 Å². The van der Waals surface area contributed by atoms with Crippen LogP contribution < -0.4 is 5.73 Å². The Bertz CT molecular complexity index is 1170. The molecular formula is C22H18FN3O3. The van der Waals surface area contributed by atoms with Crippen LogP contribution in [-0.2, 0) is 16.1 Å². The van der Waals surface area contributed by atoms with Gasteiger partial charge in [0.15, 0.2) is 0 Å². The molecule has 2 N–H and O–H groups in total. The average molecular weight is 391 g/mol. The fraction of sp³-hybridized carbons (Fsp3) is 0.182. The van der Waals surface area contributed by atoms with E-state index in [9.17, 15) is 18.8 Å². The van der Waals surface area contributed by atoms with E-state index in [0.717, 1.165) is 5.56 Å². The molecule has 4 rings (SSSR count). The number of imide groups is 1. The summed E-state index contributed by atoms with van der Waals surface area (Å²) >= 11 is 0. The minimum atomic E-state index is -0.726. The smallest absolute Gasteiger partial charge is 0.267 e. The summed E-state index contributed by atoms with van der Waals surface area (Å²) in [5.41, 5.74) is 8.18. The Morgan fingerprint density at radius 3 is 2.45 bits per heavy atom. The third-order valence-electron chi connectivity index (χ3n) is 5.04. The van der Waals surface area contributed by atoms with E-state index in [-0.39, 0.29) is 36.9 Å². The highest BCUT2D eigenvalue weighted by Crippen LogP contribution is 2.32. The van der Waals surface area contributed by atoms with E-state index in [1.54, 1.807) is 37.3 Å². The van der Waals surface area contributed by atoms with Gasteiger partial charge in [0.2, 0.25) is 11.8 Å². The minimum absolute atomic E-state index is 0.0120. The van der Waals surface area contributed by atoms with Crippen molar-refractivity contribution in [1.82, 2.24) is 9.88 Å². The van der Waals surface area contributed by atoms with Crippen molar-refractivity contribution in [1.29, 1.82) is 0 Å². The number of fused-ring (bicyclic) bond motifs is 1. The van der Waals surface area contributed by atoms with E-state index in [1.165, 1.54) is 17.0 Å². The lowest BCUT2D eigenvalue weighted by molar-refractivity contribution is -0.139. The summed E-state index contributed by atoms with van der Waals surface area (Å²) in [6.45, 7) is 1.92. The first kappa shape index (κ1) is 18.7. The molecule has 0 radical (unpaired) electrons. The van der Waals surface area contributed by atoms with Gasteiger partial charge in [-0.15, -0.1) is 0 Å². The van der Waals surface area contributed by atoms with Gasteiger partial charge in [-0.1, -0.05) is 24.3 Å². The highest BCUT2D eigenvalue weighted by Gasteiger charge is 2.28. The van der Waals surface area contributed by atoms with Crippen LogP contribution in [0.25, 0.3) is 22.0 Å². The molecule has 3 aromatic rings. The number of nitrogens with two attached hydrogens (primary N) is 1. The third kappa shape index (κ3) is 3.47. The second-order valence-corrected chi connectivity index (χ2v) is 7.13. The van der Waals surface area contributed by atoms with Crippen molar-refractivity contribution in [3.63, 3.8) is 0 Å². The lowest BCUT2D eigenvalue weighted by Gasteiger charge is -2.15. The number of rotatable bonds is 4. The Hall–Kier alpha value is -3.61. The van der Waals surface area contributed by atoms with E-state index in [2.05, 4.69) is 4.98 Å². The van der Waals surface area contributed by atoms with Crippen LogP contribution in [-0.4, -0.2) is 27.6 Å². The van der Waals surface area contributed by atoms with Crippen molar-refractivity contribution < 1.29 is 18.8 Å². The van der Waals surface area contributed by atoms with Gasteiger partial charge in [0.1, 0.15) is 11.5 Å². The molecule has 1 fully saturated rings. The third-order valence-corrected chi connectivity index (χ3v) is 5.04. The number of carbonyl (C=O) groups is 3. The van der Waals surface area contributed by atoms with Crippen LogP contribution in [0.15, 0.2) is 42.5 Å². The predicted molar refractivity (Wildman–Crippen MR) is 105 cm³/mol. The van der Waals surface area contributed by atoms with Crippen molar-refractivity contribution in [3.8, 4) is 11.1 Å². The highest BCUT2D eigenvalue weighted by atomic mass is 19.1. The number of hydrogen-bond acceptors (Lipinski definition) is 4. The molecule has 1 aliphatic rings. The normalized spacial score (nSPS) is 14.1. The average Bonchev–Trinajstić information content (AvgIpc) is 2.99. The van der Waals surface area contributed by atoms with Gasteiger partial charge < -0.3 is 5.73 Å². The molecule has 0 spiro atoms. The lowest BCUT2D eigenvalue weighted by Crippen LogP contribution is -2.28. The zero-order valence-electron chi connectivity index (χ0n) is 15.7. The quantitative estimate of drug-likeness (QED) is 0.692. The molecule has 29 heavy (non-hydrogen) atoms. The molecule has 0 bridgehead atoms. The van der Waals surface area contributed by atoms with E-state index < -0.39 is 11.7 Å². The molecule has 1 saturated heterocycles. The largest absolute Gasteiger partial charge is 0.364 e. The first-order valence-corrected chi connectivity index (χ1v) is 9.16. The van der Waals surface area contributed by atoms with Gasteiger partial charge in [-0.2, -0.15) is 0 Å². The van der Waals surface area contributed by atoms with E-state index in [1.807, 2.05) is 0 Å². The predicted octanol–water partition coefficient (Wildman–Crippen LogP) is 3.10. The Kier molecular flexibility index (Phi) is 4.58. The van der Waals surface area contributed by atoms with Crippen LogP contribution in [0.2, 0.25) is 0 Å².